The zero-order chi connectivity index (χ0) is 12.4. The molecule has 0 spiro atoms. The van der Waals surface area contributed by atoms with E-state index in [1.165, 1.54) is 16.5 Å². The Kier molecular flexibility index (Phi) is 2.82. The van der Waals surface area contributed by atoms with Crippen molar-refractivity contribution in [2.45, 2.75) is 13.1 Å². The molecule has 0 aliphatic rings. The highest BCUT2D eigenvalue weighted by molar-refractivity contribution is 5.78. The minimum Gasteiger partial charge on any atom is -0.326 e. The molecule has 0 saturated heterocycles. The Balaban J connectivity index is 2.01. The second-order valence-electron chi connectivity index (χ2n) is 4.33. The van der Waals surface area contributed by atoms with E-state index in [-0.39, 0.29) is 0 Å². The van der Waals surface area contributed by atoms with E-state index in [9.17, 15) is 0 Å². The molecule has 2 aromatic carbocycles. The highest BCUT2D eigenvalue weighted by Crippen LogP contribution is 2.16. The SMILES string of the molecule is NCc1ccccc1Cn1ncc2ccccc21. The summed E-state index contributed by atoms with van der Waals surface area (Å²) in [5.74, 6) is 0. The molecule has 90 valence electrons. The van der Waals surface area contributed by atoms with Crippen LogP contribution in [-0.4, -0.2) is 9.78 Å². The van der Waals surface area contributed by atoms with Gasteiger partial charge in [-0.05, 0) is 17.2 Å². The van der Waals surface area contributed by atoms with Crippen molar-refractivity contribution in [2.75, 3.05) is 0 Å². The van der Waals surface area contributed by atoms with Crippen LogP contribution in [0.3, 0.4) is 0 Å². The van der Waals surface area contributed by atoms with Crippen LogP contribution < -0.4 is 5.73 Å². The Hall–Kier alpha value is -2.13. The summed E-state index contributed by atoms with van der Waals surface area (Å²) >= 11 is 0. The molecule has 0 atom stereocenters. The summed E-state index contributed by atoms with van der Waals surface area (Å²) < 4.78 is 2.02. The molecule has 0 amide bonds. The van der Waals surface area contributed by atoms with Gasteiger partial charge in [-0.3, -0.25) is 4.68 Å². The lowest BCUT2D eigenvalue weighted by Crippen LogP contribution is -2.07. The Morgan fingerprint density at radius 2 is 1.67 bits per heavy atom. The van der Waals surface area contributed by atoms with Gasteiger partial charge in [0.1, 0.15) is 0 Å². The summed E-state index contributed by atoms with van der Waals surface area (Å²) in [7, 11) is 0. The van der Waals surface area contributed by atoms with Crippen molar-refractivity contribution in [3.8, 4) is 0 Å². The van der Waals surface area contributed by atoms with E-state index in [1.54, 1.807) is 0 Å². The number of para-hydroxylation sites is 1. The van der Waals surface area contributed by atoms with Gasteiger partial charge in [0.2, 0.25) is 0 Å². The average Bonchev–Trinajstić information content (AvgIpc) is 2.83. The lowest BCUT2D eigenvalue weighted by Gasteiger charge is -2.08. The summed E-state index contributed by atoms with van der Waals surface area (Å²) in [6, 6.07) is 16.5. The molecule has 1 heterocycles. The molecular weight excluding hydrogens is 222 g/mol. The lowest BCUT2D eigenvalue weighted by atomic mass is 10.1. The van der Waals surface area contributed by atoms with Crippen LogP contribution in [0.2, 0.25) is 0 Å². The highest BCUT2D eigenvalue weighted by Gasteiger charge is 2.05. The van der Waals surface area contributed by atoms with Gasteiger partial charge in [-0.25, -0.2) is 0 Å². The van der Waals surface area contributed by atoms with E-state index in [0.717, 1.165) is 12.1 Å². The van der Waals surface area contributed by atoms with Gasteiger partial charge in [0.05, 0.1) is 18.3 Å². The fourth-order valence-corrected chi connectivity index (χ4v) is 2.22. The number of aromatic nitrogens is 2. The average molecular weight is 237 g/mol. The van der Waals surface area contributed by atoms with Crippen molar-refractivity contribution in [1.29, 1.82) is 0 Å². The standard InChI is InChI=1S/C15H15N3/c16-9-12-5-1-2-7-14(12)11-18-15-8-4-3-6-13(15)10-17-18/h1-8,10H,9,11,16H2. The van der Waals surface area contributed by atoms with Crippen molar-refractivity contribution in [3.05, 3.63) is 65.9 Å². The van der Waals surface area contributed by atoms with E-state index >= 15 is 0 Å². The van der Waals surface area contributed by atoms with Gasteiger partial charge in [-0.1, -0.05) is 42.5 Å². The molecule has 0 saturated carbocycles. The first-order chi connectivity index (χ1) is 8.88. The van der Waals surface area contributed by atoms with Crippen LogP contribution in [0.15, 0.2) is 54.7 Å². The topological polar surface area (TPSA) is 43.8 Å². The van der Waals surface area contributed by atoms with Gasteiger partial charge in [0, 0.05) is 11.9 Å². The quantitative estimate of drug-likeness (QED) is 0.760. The second-order valence-corrected chi connectivity index (χ2v) is 4.33. The molecule has 1 aromatic heterocycles. The molecule has 0 aliphatic heterocycles. The van der Waals surface area contributed by atoms with E-state index in [0.29, 0.717) is 6.54 Å². The summed E-state index contributed by atoms with van der Waals surface area (Å²) in [5.41, 5.74) is 9.33. The van der Waals surface area contributed by atoms with E-state index in [1.807, 2.05) is 35.1 Å². The summed E-state index contributed by atoms with van der Waals surface area (Å²) in [5, 5.41) is 5.61. The molecule has 0 unspecified atom stereocenters. The van der Waals surface area contributed by atoms with Gasteiger partial charge in [-0.2, -0.15) is 5.10 Å². The number of benzene rings is 2. The maximum atomic E-state index is 5.76. The number of nitrogens with two attached hydrogens (primary N) is 1. The number of rotatable bonds is 3. The molecule has 18 heavy (non-hydrogen) atoms. The first-order valence-electron chi connectivity index (χ1n) is 6.06. The minimum absolute atomic E-state index is 0.565. The number of hydrogen-bond acceptors (Lipinski definition) is 2. The number of hydrogen-bond donors (Lipinski definition) is 1. The maximum Gasteiger partial charge on any atom is 0.0686 e. The predicted octanol–water partition coefficient (Wildman–Crippen LogP) is 2.54. The van der Waals surface area contributed by atoms with Crippen LogP contribution in [-0.2, 0) is 13.1 Å². The summed E-state index contributed by atoms with van der Waals surface area (Å²) in [4.78, 5) is 0. The van der Waals surface area contributed by atoms with E-state index < -0.39 is 0 Å². The molecule has 3 nitrogen and oxygen atoms in total. The molecule has 3 aromatic rings. The number of nitrogens with zero attached hydrogens (tertiary/aromatic N) is 2. The van der Waals surface area contributed by atoms with E-state index in [4.69, 9.17) is 5.73 Å². The van der Waals surface area contributed by atoms with Crippen LogP contribution in [0.4, 0.5) is 0 Å². The van der Waals surface area contributed by atoms with Gasteiger partial charge >= 0.3 is 0 Å². The first-order valence-corrected chi connectivity index (χ1v) is 6.06. The minimum atomic E-state index is 0.565. The molecule has 0 fully saturated rings. The maximum absolute atomic E-state index is 5.76. The van der Waals surface area contributed by atoms with Gasteiger partial charge in [0.15, 0.2) is 0 Å². The van der Waals surface area contributed by atoms with Crippen molar-refractivity contribution in [1.82, 2.24) is 9.78 Å². The molecule has 2 N–H and O–H groups in total. The van der Waals surface area contributed by atoms with Crippen LogP contribution in [0.5, 0.6) is 0 Å². The second kappa shape index (κ2) is 4.63. The Bertz CT molecular complexity index is 670. The number of fused-ring (bicyclic) bond motifs is 1. The smallest absolute Gasteiger partial charge is 0.0686 e. The zero-order valence-electron chi connectivity index (χ0n) is 10.1. The molecular formula is C15H15N3. The molecule has 0 radical (unpaired) electrons. The highest BCUT2D eigenvalue weighted by atomic mass is 15.3. The summed E-state index contributed by atoms with van der Waals surface area (Å²) in [6.07, 6.45) is 1.90. The molecule has 3 rings (SSSR count). The van der Waals surface area contributed by atoms with Crippen LogP contribution >= 0.6 is 0 Å². The Morgan fingerprint density at radius 3 is 2.50 bits per heavy atom. The van der Waals surface area contributed by atoms with Crippen molar-refractivity contribution in [3.63, 3.8) is 0 Å². The first kappa shape index (κ1) is 11.0. The fraction of sp³-hybridized carbons (Fsp3) is 0.133. The van der Waals surface area contributed by atoms with Crippen molar-refractivity contribution in [2.24, 2.45) is 5.73 Å². The largest absolute Gasteiger partial charge is 0.326 e. The third kappa shape index (κ3) is 1.89. The van der Waals surface area contributed by atoms with E-state index in [2.05, 4.69) is 29.4 Å². The van der Waals surface area contributed by atoms with Crippen LogP contribution in [0.1, 0.15) is 11.1 Å². The Labute approximate surface area is 106 Å². The van der Waals surface area contributed by atoms with Gasteiger partial charge < -0.3 is 5.73 Å². The van der Waals surface area contributed by atoms with Crippen molar-refractivity contribution >= 4 is 10.9 Å². The van der Waals surface area contributed by atoms with Gasteiger partial charge in [0.25, 0.3) is 0 Å². The Morgan fingerprint density at radius 1 is 0.944 bits per heavy atom. The molecule has 0 bridgehead atoms. The third-order valence-corrected chi connectivity index (χ3v) is 3.21. The predicted molar refractivity (Wildman–Crippen MR) is 73.2 cm³/mol. The normalized spacial score (nSPS) is 10.9. The van der Waals surface area contributed by atoms with Crippen molar-refractivity contribution < 1.29 is 0 Å². The van der Waals surface area contributed by atoms with Crippen LogP contribution in [0, 0.1) is 0 Å². The zero-order valence-corrected chi connectivity index (χ0v) is 10.1. The van der Waals surface area contributed by atoms with Gasteiger partial charge in [-0.15, -0.1) is 0 Å². The fourth-order valence-electron chi connectivity index (χ4n) is 2.22. The lowest BCUT2D eigenvalue weighted by molar-refractivity contribution is 0.705. The van der Waals surface area contributed by atoms with Crippen LogP contribution in [0.25, 0.3) is 10.9 Å². The molecule has 0 aliphatic carbocycles. The molecule has 3 heteroatoms. The monoisotopic (exact) mass is 237 g/mol. The third-order valence-electron chi connectivity index (χ3n) is 3.21. The summed E-state index contributed by atoms with van der Waals surface area (Å²) in [6.45, 7) is 1.33.